The van der Waals surface area contributed by atoms with E-state index in [9.17, 15) is 4.79 Å². The summed E-state index contributed by atoms with van der Waals surface area (Å²) in [5.41, 5.74) is 0. The maximum atomic E-state index is 12.2. The fourth-order valence-electron chi connectivity index (χ4n) is 2.46. The molecule has 2 aliphatic rings. The maximum absolute atomic E-state index is 12.2. The second kappa shape index (κ2) is 5.21. The normalized spacial score (nSPS) is 30.7. The molecule has 0 spiro atoms. The number of hydrogen-bond donors (Lipinski definition) is 1. The molecule has 0 aromatic carbocycles. The quantitative estimate of drug-likeness (QED) is 0.785. The Morgan fingerprint density at radius 1 is 1.53 bits per heavy atom. The predicted octanol–water partition coefficient (Wildman–Crippen LogP) is 1.09. The molecule has 3 nitrogen and oxygen atoms in total. The second-order valence-corrected chi connectivity index (χ2v) is 5.44. The molecule has 0 saturated carbocycles. The van der Waals surface area contributed by atoms with Crippen LogP contribution in [0.25, 0.3) is 0 Å². The summed E-state index contributed by atoms with van der Waals surface area (Å²) in [6.45, 7) is 3.96. The molecule has 86 valence electrons. The van der Waals surface area contributed by atoms with Gasteiger partial charge in [-0.15, -0.1) is 0 Å². The molecule has 0 aliphatic carbocycles. The Kier molecular flexibility index (Phi) is 3.92. The lowest BCUT2D eigenvalue weighted by Gasteiger charge is -2.29. The fraction of sp³-hybridized carbons (Fsp3) is 0.909. The lowest BCUT2D eigenvalue weighted by molar-refractivity contribution is -0.134. The molecule has 2 rings (SSSR count). The predicted molar refractivity (Wildman–Crippen MR) is 64.1 cm³/mol. The first-order valence-electron chi connectivity index (χ1n) is 5.94. The standard InChI is InChI=1S/C11H20N2OS/c1-2-13(9-5-7-15-8-9)11(14)10-4-3-6-12-10/h9-10,12H,2-8H2,1H3/t9-,10-/m0/s1. The lowest BCUT2D eigenvalue weighted by atomic mass is 10.1. The van der Waals surface area contributed by atoms with Gasteiger partial charge >= 0.3 is 0 Å². The third kappa shape index (κ3) is 2.48. The van der Waals surface area contributed by atoms with Crippen LogP contribution in [0.3, 0.4) is 0 Å². The van der Waals surface area contributed by atoms with Crippen LogP contribution in [-0.4, -0.2) is 47.5 Å². The van der Waals surface area contributed by atoms with E-state index < -0.39 is 0 Å². The van der Waals surface area contributed by atoms with Crippen molar-refractivity contribution in [3.63, 3.8) is 0 Å². The topological polar surface area (TPSA) is 32.3 Å². The average molecular weight is 228 g/mol. The molecule has 2 fully saturated rings. The minimum Gasteiger partial charge on any atom is -0.338 e. The fourth-order valence-corrected chi connectivity index (χ4v) is 3.68. The molecule has 2 atom stereocenters. The third-order valence-electron chi connectivity index (χ3n) is 3.33. The van der Waals surface area contributed by atoms with E-state index in [2.05, 4.69) is 17.1 Å². The number of nitrogens with zero attached hydrogens (tertiary/aromatic N) is 1. The number of nitrogens with one attached hydrogen (secondary N) is 1. The molecule has 1 amide bonds. The van der Waals surface area contributed by atoms with Gasteiger partial charge in [0.1, 0.15) is 0 Å². The highest BCUT2D eigenvalue weighted by atomic mass is 32.2. The van der Waals surface area contributed by atoms with Crippen molar-refractivity contribution < 1.29 is 4.79 Å². The van der Waals surface area contributed by atoms with Gasteiger partial charge in [-0.3, -0.25) is 4.79 Å². The van der Waals surface area contributed by atoms with Crippen molar-refractivity contribution >= 4 is 17.7 Å². The molecule has 1 N–H and O–H groups in total. The molecular formula is C11H20N2OS. The number of likely N-dealkylation sites (N-methyl/N-ethyl adjacent to an activating group) is 1. The van der Waals surface area contributed by atoms with Gasteiger partial charge in [-0.05, 0) is 38.5 Å². The van der Waals surface area contributed by atoms with Crippen LogP contribution in [0.5, 0.6) is 0 Å². The number of carbonyl (C=O) groups excluding carboxylic acids is 1. The van der Waals surface area contributed by atoms with Crippen molar-refractivity contribution in [2.24, 2.45) is 0 Å². The molecule has 0 radical (unpaired) electrons. The summed E-state index contributed by atoms with van der Waals surface area (Å²) in [4.78, 5) is 14.3. The van der Waals surface area contributed by atoms with Crippen LogP contribution in [-0.2, 0) is 4.79 Å². The van der Waals surface area contributed by atoms with Gasteiger partial charge in [0.2, 0.25) is 5.91 Å². The zero-order valence-corrected chi connectivity index (χ0v) is 10.2. The monoisotopic (exact) mass is 228 g/mol. The Labute approximate surface area is 96.0 Å². The van der Waals surface area contributed by atoms with Crippen molar-refractivity contribution in [1.29, 1.82) is 0 Å². The van der Waals surface area contributed by atoms with Crippen LogP contribution in [0.2, 0.25) is 0 Å². The van der Waals surface area contributed by atoms with Crippen LogP contribution in [0.15, 0.2) is 0 Å². The van der Waals surface area contributed by atoms with Gasteiger partial charge in [-0.25, -0.2) is 0 Å². The molecule has 4 heteroatoms. The van der Waals surface area contributed by atoms with Gasteiger partial charge in [0.05, 0.1) is 6.04 Å². The summed E-state index contributed by atoms with van der Waals surface area (Å²) in [7, 11) is 0. The highest BCUT2D eigenvalue weighted by molar-refractivity contribution is 7.99. The Hall–Kier alpha value is -0.220. The maximum Gasteiger partial charge on any atom is 0.239 e. The smallest absolute Gasteiger partial charge is 0.239 e. The molecule has 0 bridgehead atoms. The largest absolute Gasteiger partial charge is 0.338 e. The zero-order chi connectivity index (χ0) is 10.7. The number of hydrogen-bond acceptors (Lipinski definition) is 3. The van der Waals surface area contributed by atoms with E-state index >= 15 is 0 Å². The van der Waals surface area contributed by atoms with Crippen molar-refractivity contribution in [2.45, 2.75) is 38.3 Å². The van der Waals surface area contributed by atoms with Crippen LogP contribution in [0.1, 0.15) is 26.2 Å². The lowest BCUT2D eigenvalue weighted by Crippen LogP contribution is -2.48. The van der Waals surface area contributed by atoms with E-state index in [1.54, 1.807) is 0 Å². The Morgan fingerprint density at radius 2 is 2.40 bits per heavy atom. The van der Waals surface area contributed by atoms with Gasteiger partial charge in [0.25, 0.3) is 0 Å². The number of rotatable bonds is 3. The van der Waals surface area contributed by atoms with E-state index in [0.717, 1.165) is 31.7 Å². The molecule has 2 aliphatic heterocycles. The molecular weight excluding hydrogens is 208 g/mol. The molecule has 2 saturated heterocycles. The van der Waals surface area contributed by atoms with Crippen LogP contribution in [0, 0.1) is 0 Å². The Balaban J connectivity index is 1.95. The van der Waals surface area contributed by atoms with Crippen LogP contribution < -0.4 is 5.32 Å². The Morgan fingerprint density at radius 3 is 2.93 bits per heavy atom. The number of thioether (sulfide) groups is 1. The van der Waals surface area contributed by atoms with Gasteiger partial charge in [-0.2, -0.15) is 11.8 Å². The SMILES string of the molecule is CCN(C(=O)[C@@H]1CCCN1)[C@H]1CCSC1. The van der Waals surface area contributed by atoms with Crippen molar-refractivity contribution in [3.05, 3.63) is 0 Å². The Bertz CT molecular complexity index is 223. The first kappa shape index (κ1) is 11.3. The highest BCUT2D eigenvalue weighted by Gasteiger charge is 2.31. The van der Waals surface area contributed by atoms with E-state index in [1.807, 2.05) is 11.8 Å². The van der Waals surface area contributed by atoms with Crippen LogP contribution in [0.4, 0.5) is 0 Å². The summed E-state index contributed by atoms with van der Waals surface area (Å²) in [5.74, 6) is 2.68. The first-order chi connectivity index (χ1) is 7.33. The molecule has 2 heterocycles. The van der Waals surface area contributed by atoms with E-state index in [0.29, 0.717) is 11.9 Å². The molecule has 0 aromatic rings. The third-order valence-corrected chi connectivity index (χ3v) is 4.47. The van der Waals surface area contributed by atoms with E-state index in [1.165, 1.54) is 12.2 Å². The van der Waals surface area contributed by atoms with E-state index in [-0.39, 0.29) is 6.04 Å². The van der Waals surface area contributed by atoms with Gasteiger partial charge < -0.3 is 10.2 Å². The highest BCUT2D eigenvalue weighted by Crippen LogP contribution is 2.23. The summed E-state index contributed by atoms with van der Waals surface area (Å²) in [6.07, 6.45) is 3.35. The minimum atomic E-state index is 0.107. The number of carbonyl (C=O) groups is 1. The van der Waals surface area contributed by atoms with Gasteiger partial charge in [0.15, 0.2) is 0 Å². The van der Waals surface area contributed by atoms with Crippen molar-refractivity contribution in [1.82, 2.24) is 10.2 Å². The number of amides is 1. The first-order valence-corrected chi connectivity index (χ1v) is 7.10. The summed E-state index contributed by atoms with van der Waals surface area (Å²) < 4.78 is 0. The van der Waals surface area contributed by atoms with Gasteiger partial charge in [-0.1, -0.05) is 0 Å². The molecule has 0 aromatic heterocycles. The van der Waals surface area contributed by atoms with Crippen molar-refractivity contribution in [3.8, 4) is 0 Å². The van der Waals surface area contributed by atoms with Crippen LogP contribution >= 0.6 is 11.8 Å². The molecule has 0 unspecified atom stereocenters. The second-order valence-electron chi connectivity index (χ2n) is 4.29. The molecule has 15 heavy (non-hydrogen) atoms. The van der Waals surface area contributed by atoms with Crippen molar-refractivity contribution in [2.75, 3.05) is 24.6 Å². The summed E-state index contributed by atoms with van der Waals surface area (Å²) in [5, 5.41) is 3.30. The van der Waals surface area contributed by atoms with Gasteiger partial charge in [0, 0.05) is 18.3 Å². The minimum absolute atomic E-state index is 0.107. The average Bonchev–Trinajstić information content (AvgIpc) is 2.91. The zero-order valence-electron chi connectivity index (χ0n) is 9.37. The van der Waals surface area contributed by atoms with E-state index in [4.69, 9.17) is 0 Å². The summed E-state index contributed by atoms with van der Waals surface area (Å²) in [6, 6.07) is 0.602. The summed E-state index contributed by atoms with van der Waals surface area (Å²) >= 11 is 1.97.